The van der Waals surface area contributed by atoms with Crippen molar-refractivity contribution in [2.45, 2.75) is 25.2 Å². The molecule has 1 unspecified atom stereocenters. The Morgan fingerprint density at radius 1 is 1.56 bits per heavy atom. The van der Waals surface area contributed by atoms with E-state index in [4.69, 9.17) is 0 Å². The largest absolute Gasteiger partial charge is 0.352 e. The van der Waals surface area contributed by atoms with E-state index in [9.17, 15) is 0 Å². The van der Waals surface area contributed by atoms with E-state index in [1.807, 2.05) is 23.5 Å². The van der Waals surface area contributed by atoms with Crippen molar-refractivity contribution < 1.29 is 0 Å². The highest BCUT2D eigenvalue weighted by Gasteiger charge is 2.25. The summed E-state index contributed by atoms with van der Waals surface area (Å²) < 4.78 is 2.03. The number of aromatic nitrogens is 2. The lowest BCUT2D eigenvalue weighted by Crippen LogP contribution is -2.41. The van der Waals surface area contributed by atoms with Crippen LogP contribution in [0.1, 0.15) is 18.2 Å². The Kier molecular flexibility index (Phi) is 3.85. The molecule has 2 rings (SSSR count). The molecule has 1 aliphatic rings. The van der Waals surface area contributed by atoms with Gasteiger partial charge < -0.3 is 4.90 Å². The van der Waals surface area contributed by atoms with Crippen LogP contribution in [0, 0.1) is 6.92 Å². The number of hydrogen-bond acceptors (Lipinski definition) is 3. The molecule has 3 nitrogen and oxygen atoms in total. The maximum atomic E-state index is 4.53. The van der Waals surface area contributed by atoms with Gasteiger partial charge >= 0.3 is 0 Å². The van der Waals surface area contributed by atoms with E-state index in [-0.39, 0.29) is 0 Å². The third-order valence-electron chi connectivity index (χ3n) is 3.09. The number of anilines is 1. The molecular formula is C11H18BrN3S. The number of nitrogens with zero attached hydrogens (tertiary/aromatic N) is 3. The van der Waals surface area contributed by atoms with Gasteiger partial charge in [0.15, 0.2) is 0 Å². The van der Waals surface area contributed by atoms with E-state index in [2.05, 4.69) is 39.8 Å². The average Bonchev–Trinajstić information content (AvgIpc) is 2.54. The summed E-state index contributed by atoms with van der Waals surface area (Å²) in [4.78, 5) is 2.49. The third-order valence-corrected chi connectivity index (χ3v) is 4.84. The first-order chi connectivity index (χ1) is 7.65. The molecule has 0 aromatic carbocycles. The van der Waals surface area contributed by atoms with Crippen molar-refractivity contribution in [2.24, 2.45) is 7.05 Å². The average molecular weight is 304 g/mol. The van der Waals surface area contributed by atoms with Gasteiger partial charge in [0.1, 0.15) is 5.82 Å². The van der Waals surface area contributed by atoms with Gasteiger partial charge in [-0.25, -0.2) is 0 Å². The second-order valence-corrected chi connectivity index (χ2v) is 5.97. The van der Waals surface area contributed by atoms with Crippen molar-refractivity contribution in [3.8, 4) is 0 Å². The maximum Gasteiger partial charge on any atom is 0.131 e. The zero-order chi connectivity index (χ0) is 11.7. The predicted molar refractivity (Wildman–Crippen MR) is 74.7 cm³/mol. The van der Waals surface area contributed by atoms with E-state index in [0.717, 1.165) is 17.6 Å². The fourth-order valence-electron chi connectivity index (χ4n) is 2.25. The van der Waals surface area contributed by atoms with Crippen LogP contribution in [0.15, 0.2) is 0 Å². The molecule has 0 bridgehead atoms. The summed E-state index contributed by atoms with van der Waals surface area (Å²) >= 11 is 5.62. The number of hydrogen-bond donors (Lipinski definition) is 0. The van der Waals surface area contributed by atoms with E-state index in [0.29, 0.717) is 6.04 Å². The number of halogens is 1. The van der Waals surface area contributed by atoms with Crippen molar-refractivity contribution in [3.05, 3.63) is 11.3 Å². The van der Waals surface area contributed by atoms with Gasteiger partial charge in [-0.3, -0.25) is 4.68 Å². The minimum absolute atomic E-state index is 0.603. The summed E-state index contributed by atoms with van der Waals surface area (Å²) in [6, 6.07) is 0.603. The van der Waals surface area contributed by atoms with E-state index >= 15 is 0 Å². The summed E-state index contributed by atoms with van der Waals surface area (Å²) in [6.45, 7) is 5.51. The van der Waals surface area contributed by atoms with E-state index in [1.165, 1.54) is 22.9 Å². The molecular weight excluding hydrogens is 286 g/mol. The van der Waals surface area contributed by atoms with Gasteiger partial charge in [-0.15, -0.1) is 0 Å². The summed E-state index contributed by atoms with van der Waals surface area (Å²) in [5, 5.41) is 5.42. The minimum Gasteiger partial charge on any atom is -0.352 e. The van der Waals surface area contributed by atoms with Crippen LogP contribution in [0.2, 0.25) is 0 Å². The monoisotopic (exact) mass is 303 g/mol. The van der Waals surface area contributed by atoms with E-state index in [1.54, 1.807) is 0 Å². The fourth-order valence-corrected chi connectivity index (χ4v) is 3.92. The lowest BCUT2D eigenvalue weighted by atomic mass is 10.2. The summed E-state index contributed by atoms with van der Waals surface area (Å²) in [6.07, 6.45) is 0. The highest BCUT2D eigenvalue weighted by Crippen LogP contribution is 2.30. The third kappa shape index (κ3) is 2.12. The van der Waals surface area contributed by atoms with Gasteiger partial charge in [-0.1, -0.05) is 15.9 Å². The highest BCUT2D eigenvalue weighted by atomic mass is 79.9. The molecule has 0 radical (unpaired) electrons. The first-order valence-corrected chi connectivity index (χ1v) is 7.85. The predicted octanol–water partition coefficient (Wildman–Crippen LogP) is 2.57. The Balaban J connectivity index is 2.37. The van der Waals surface area contributed by atoms with Gasteiger partial charge in [0.25, 0.3) is 0 Å². The van der Waals surface area contributed by atoms with Gasteiger partial charge in [-0.05, 0) is 13.8 Å². The van der Waals surface area contributed by atoms with Crippen LogP contribution in [0.25, 0.3) is 0 Å². The Morgan fingerprint density at radius 3 is 2.94 bits per heavy atom. The second kappa shape index (κ2) is 5.00. The molecule has 0 aliphatic carbocycles. The molecule has 1 saturated heterocycles. The van der Waals surface area contributed by atoms with Crippen LogP contribution < -0.4 is 4.90 Å². The zero-order valence-corrected chi connectivity index (χ0v) is 12.4. The molecule has 1 atom stereocenters. The lowest BCUT2D eigenvalue weighted by Gasteiger charge is -2.35. The molecule has 5 heteroatoms. The number of alkyl halides is 1. The SMILES string of the molecule is Cc1nn(C)c(N2CCSCC2C)c1CBr. The topological polar surface area (TPSA) is 21.1 Å². The maximum absolute atomic E-state index is 4.53. The van der Waals surface area contributed by atoms with Gasteiger partial charge in [-0.2, -0.15) is 16.9 Å². The minimum atomic E-state index is 0.603. The number of rotatable bonds is 2. The molecule has 16 heavy (non-hydrogen) atoms. The normalized spacial score (nSPS) is 21.5. The Hall–Kier alpha value is -0.160. The van der Waals surface area contributed by atoms with Crippen LogP contribution in [0.5, 0.6) is 0 Å². The Labute approximate surface area is 110 Å². The first-order valence-electron chi connectivity index (χ1n) is 5.58. The molecule has 1 fully saturated rings. The lowest BCUT2D eigenvalue weighted by molar-refractivity contribution is 0.646. The smallest absolute Gasteiger partial charge is 0.131 e. The molecule has 0 N–H and O–H groups in total. The summed E-state index contributed by atoms with van der Waals surface area (Å²) in [5.41, 5.74) is 2.47. The Bertz CT molecular complexity index is 378. The highest BCUT2D eigenvalue weighted by molar-refractivity contribution is 9.08. The van der Waals surface area contributed by atoms with Crippen LogP contribution in [0.3, 0.4) is 0 Å². The zero-order valence-electron chi connectivity index (χ0n) is 10.0. The molecule has 90 valence electrons. The van der Waals surface area contributed by atoms with Crippen molar-refractivity contribution in [1.29, 1.82) is 0 Å². The number of thioether (sulfide) groups is 1. The van der Waals surface area contributed by atoms with Gasteiger partial charge in [0, 0.05) is 42.0 Å². The molecule has 0 saturated carbocycles. The van der Waals surface area contributed by atoms with Crippen molar-refractivity contribution >= 4 is 33.5 Å². The standard InChI is InChI=1S/C11H18BrN3S/c1-8-7-16-5-4-15(8)11-10(6-12)9(2)13-14(11)3/h8H,4-7H2,1-3H3. The van der Waals surface area contributed by atoms with Crippen molar-refractivity contribution in [1.82, 2.24) is 9.78 Å². The number of aryl methyl sites for hydroxylation is 2. The van der Waals surface area contributed by atoms with Gasteiger partial charge in [0.2, 0.25) is 0 Å². The molecule has 2 heterocycles. The summed E-state index contributed by atoms with van der Waals surface area (Å²) in [7, 11) is 2.04. The molecule has 1 aromatic rings. The quantitative estimate of drug-likeness (QED) is 0.784. The molecule has 0 spiro atoms. The van der Waals surface area contributed by atoms with Crippen LogP contribution in [-0.2, 0) is 12.4 Å². The Morgan fingerprint density at radius 2 is 2.31 bits per heavy atom. The second-order valence-electron chi connectivity index (χ2n) is 4.26. The van der Waals surface area contributed by atoms with Crippen molar-refractivity contribution in [3.63, 3.8) is 0 Å². The van der Waals surface area contributed by atoms with Gasteiger partial charge in [0.05, 0.1) is 5.69 Å². The van der Waals surface area contributed by atoms with Crippen LogP contribution >= 0.6 is 27.7 Å². The summed E-state index contributed by atoms with van der Waals surface area (Å²) in [5.74, 6) is 3.73. The van der Waals surface area contributed by atoms with Crippen LogP contribution in [-0.4, -0.2) is 33.9 Å². The van der Waals surface area contributed by atoms with Crippen molar-refractivity contribution in [2.75, 3.05) is 23.0 Å². The molecule has 1 aromatic heterocycles. The molecule has 1 aliphatic heterocycles. The van der Waals surface area contributed by atoms with E-state index < -0.39 is 0 Å². The first kappa shape index (κ1) is 12.3. The molecule has 0 amide bonds. The van der Waals surface area contributed by atoms with Crippen LogP contribution in [0.4, 0.5) is 5.82 Å². The fraction of sp³-hybridized carbons (Fsp3) is 0.727.